The van der Waals surface area contributed by atoms with Crippen LogP contribution < -0.4 is 5.32 Å². The van der Waals surface area contributed by atoms with Gasteiger partial charge in [-0.2, -0.15) is 0 Å². The first-order valence-corrected chi connectivity index (χ1v) is 6.49. The molecule has 0 radical (unpaired) electrons. The summed E-state index contributed by atoms with van der Waals surface area (Å²) in [5.41, 5.74) is 0. The SMILES string of the molecule is C#CCNCC(=O)CCS(=O)(=O)C(C)C. The number of sulfone groups is 1. The standard InChI is InChI=1S/C10H17NO3S/c1-4-6-11-8-10(12)5-7-15(13,14)9(2)3/h1,9,11H,5-8H2,2-3H3. The smallest absolute Gasteiger partial charge is 0.153 e. The van der Waals surface area contributed by atoms with Crippen LogP contribution in [0.1, 0.15) is 20.3 Å². The topological polar surface area (TPSA) is 63.2 Å². The average molecular weight is 231 g/mol. The van der Waals surface area contributed by atoms with Gasteiger partial charge in [0.25, 0.3) is 0 Å². The molecule has 0 aliphatic heterocycles. The zero-order valence-electron chi connectivity index (χ0n) is 9.12. The predicted octanol–water partition coefficient (Wildman–Crippen LogP) is -0.00840. The van der Waals surface area contributed by atoms with Crippen LogP contribution >= 0.6 is 0 Å². The molecule has 0 bridgehead atoms. The predicted molar refractivity (Wildman–Crippen MR) is 60.2 cm³/mol. The highest BCUT2D eigenvalue weighted by Crippen LogP contribution is 2.02. The van der Waals surface area contributed by atoms with Crippen molar-refractivity contribution in [1.82, 2.24) is 5.32 Å². The van der Waals surface area contributed by atoms with E-state index in [0.29, 0.717) is 6.54 Å². The molecule has 0 unspecified atom stereocenters. The third-order valence-electron chi connectivity index (χ3n) is 1.93. The van der Waals surface area contributed by atoms with Gasteiger partial charge in [0.15, 0.2) is 9.84 Å². The van der Waals surface area contributed by atoms with Crippen molar-refractivity contribution >= 4 is 15.6 Å². The van der Waals surface area contributed by atoms with E-state index in [4.69, 9.17) is 6.42 Å². The number of terminal acetylenes is 1. The maximum atomic E-state index is 11.4. The van der Waals surface area contributed by atoms with Crippen molar-refractivity contribution in [2.45, 2.75) is 25.5 Å². The number of nitrogens with one attached hydrogen (secondary N) is 1. The lowest BCUT2D eigenvalue weighted by molar-refractivity contribution is -0.117. The Labute approximate surface area is 91.4 Å². The van der Waals surface area contributed by atoms with Gasteiger partial charge in [-0.1, -0.05) is 5.92 Å². The summed E-state index contributed by atoms with van der Waals surface area (Å²) in [5.74, 6) is 2.12. The first-order chi connectivity index (χ1) is 6.90. The molecule has 0 rings (SSSR count). The van der Waals surface area contributed by atoms with Crippen LogP contribution in [-0.4, -0.2) is 38.3 Å². The van der Waals surface area contributed by atoms with Crippen LogP contribution in [0.4, 0.5) is 0 Å². The number of hydrogen-bond donors (Lipinski definition) is 1. The number of hydrogen-bond acceptors (Lipinski definition) is 4. The Morgan fingerprint density at radius 3 is 2.53 bits per heavy atom. The summed E-state index contributed by atoms with van der Waals surface area (Å²) in [5, 5.41) is 2.29. The molecule has 4 nitrogen and oxygen atoms in total. The maximum absolute atomic E-state index is 11.4. The van der Waals surface area contributed by atoms with Gasteiger partial charge in [0.2, 0.25) is 0 Å². The third kappa shape index (κ3) is 6.26. The molecule has 0 aliphatic carbocycles. The normalized spacial score (nSPS) is 11.3. The van der Waals surface area contributed by atoms with E-state index >= 15 is 0 Å². The lowest BCUT2D eigenvalue weighted by Crippen LogP contribution is -2.26. The zero-order chi connectivity index (χ0) is 11.9. The van der Waals surface area contributed by atoms with E-state index in [1.807, 2.05) is 0 Å². The molecule has 1 N–H and O–H groups in total. The van der Waals surface area contributed by atoms with Crippen LogP contribution in [0.3, 0.4) is 0 Å². The van der Waals surface area contributed by atoms with Gasteiger partial charge in [0.1, 0.15) is 5.78 Å². The van der Waals surface area contributed by atoms with E-state index < -0.39 is 15.1 Å². The molecule has 0 saturated heterocycles. The number of ketones is 1. The first kappa shape index (κ1) is 14.1. The third-order valence-corrected chi connectivity index (χ3v) is 4.14. The van der Waals surface area contributed by atoms with Crippen LogP contribution in [0.5, 0.6) is 0 Å². The minimum atomic E-state index is -3.11. The van der Waals surface area contributed by atoms with Crippen molar-refractivity contribution < 1.29 is 13.2 Å². The Balaban J connectivity index is 3.87. The Bertz CT molecular complexity index is 338. The Hall–Kier alpha value is -0.860. The van der Waals surface area contributed by atoms with E-state index in [1.165, 1.54) is 0 Å². The minimum Gasteiger partial charge on any atom is -0.299 e. The second-order valence-electron chi connectivity index (χ2n) is 3.51. The summed E-state index contributed by atoms with van der Waals surface area (Å²) in [6.07, 6.45) is 5.03. The van der Waals surface area contributed by atoms with Gasteiger partial charge in [0, 0.05) is 6.42 Å². The van der Waals surface area contributed by atoms with Gasteiger partial charge < -0.3 is 0 Å². The highest BCUT2D eigenvalue weighted by atomic mass is 32.2. The molecular weight excluding hydrogens is 214 g/mol. The van der Waals surface area contributed by atoms with E-state index in [0.717, 1.165) is 0 Å². The summed E-state index contributed by atoms with van der Waals surface area (Å²) in [6, 6.07) is 0. The molecular formula is C10H17NO3S. The highest BCUT2D eigenvalue weighted by Gasteiger charge is 2.17. The van der Waals surface area contributed by atoms with E-state index in [-0.39, 0.29) is 24.5 Å². The molecule has 86 valence electrons. The van der Waals surface area contributed by atoms with Gasteiger partial charge in [0.05, 0.1) is 24.1 Å². The van der Waals surface area contributed by atoms with Crippen molar-refractivity contribution in [2.75, 3.05) is 18.8 Å². The lowest BCUT2D eigenvalue weighted by Gasteiger charge is -2.06. The molecule has 0 aromatic rings. The van der Waals surface area contributed by atoms with Crippen molar-refractivity contribution in [3.63, 3.8) is 0 Å². The van der Waals surface area contributed by atoms with Crippen LogP contribution in [0.25, 0.3) is 0 Å². The van der Waals surface area contributed by atoms with E-state index in [2.05, 4.69) is 11.2 Å². The van der Waals surface area contributed by atoms with Gasteiger partial charge in [-0.3, -0.25) is 10.1 Å². The molecule has 0 aliphatic rings. The molecule has 0 atom stereocenters. The zero-order valence-corrected chi connectivity index (χ0v) is 9.93. The van der Waals surface area contributed by atoms with Crippen LogP contribution in [-0.2, 0) is 14.6 Å². The Morgan fingerprint density at radius 1 is 1.47 bits per heavy atom. The molecule has 0 saturated carbocycles. The van der Waals surface area contributed by atoms with E-state index in [9.17, 15) is 13.2 Å². The minimum absolute atomic E-state index is 0.0537. The second kappa shape index (κ2) is 6.59. The summed E-state index contributed by atoms with van der Waals surface area (Å²) >= 11 is 0. The van der Waals surface area contributed by atoms with E-state index in [1.54, 1.807) is 13.8 Å². The maximum Gasteiger partial charge on any atom is 0.153 e. The fourth-order valence-electron chi connectivity index (χ4n) is 0.854. The molecule has 15 heavy (non-hydrogen) atoms. The van der Waals surface area contributed by atoms with Gasteiger partial charge in [-0.25, -0.2) is 8.42 Å². The van der Waals surface area contributed by atoms with Crippen molar-refractivity contribution in [3.05, 3.63) is 0 Å². The highest BCUT2D eigenvalue weighted by molar-refractivity contribution is 7.91. The molecule has 0 amide bonds. The number of carbonyl (C=O) groups excluding carboxylic acids is 1. The quantitative estimate of drug-likeness (QED) is 0.494. The van der Waals surface area contributed by atoms with Gasteiger partial charge in [-0.15, -0.1) is 6.42 Å². The average Bonchev–Trinajstić information content (AvgIpc) is 2.15. The number of carbonyl (C=O) groups is 1. The molecule has 0 spiro atoms. The van der Waals surface area contributed by atoms with Crippen LogP contribution in [0.15, 0.2) is 0 Å². The molecule has 5 heteroatoms. The van der Waals surface area contributed by atoms with Crippen LogP contribution in [0.2, 0.25) is 0 Å². The van der Waals surface area contributed by atoms with Crippen molar-refractivity contribution in [3.8, 4) is 12.3 Å². The molecule has 0 aromatic heterocycles. The summed E-state index contributed by atoms with van der Waals surface area (Å²) in [7, 11) is -3.11. The summed E-state index contributed by atoms with van der Waals surface area (Å²) in [4.78, 5) is 11.2. The van der Waals surface area contributed by atoms with Gasteiger partial charge >= 0.3 is 0 Å². The fraction of sp³-hybridized carbons (Fsp3) is 0.700. The Kier molecular flexibility index (Phi) is 6.21. The van der Waals surface area contributed by atoms with Crippen LogP contribution in [0, 0.1) is 12.3 Å². The monoisotopic (exact) mass is 231 g/mol. The largest absolute Gasteiger partial charge is 0.299 e. The Morgan fingerprint density at radius 2 is 2.07 bits per heavy atom. The second-order valence-corrected chi connectivity index (χ2v) is 6.19. The van der Waals surface area contributed by atoms with Gasteiger partial charge in [-0.05, 0) is 13.8 Å². The summed E-state index contributed by atoms with van der Waals surface area (Å²) in [6.45, 7) is 3.67. The number of rotatable bonds is 7. The van der Waals surface area contributed by atoms with Crippen molar-refractivity contribution in [2.24, 2.45) is 0 Å². The fourth-order valence-corrected chi connectivity index (χ4v) is 1.84. The van der Waals surface area contributed by atoms with Crippen molar-refractivity contribution in [1.29, 1.82) is 0 Å². The molecule has 0 aromatic carbocycles. The lowest BCUT2D eigenvalue weighted by atomic mass is 10.3. The molecule has 0 fully saturated rings. The summed E-state index contributed by atoms with van der Waals surface area (Å²) < 4.78 is 22.7. The molecule has 0 heterocycles. The first-order valence-electron chi connectivity index (χ1n) is 4.77. The number of Topliss-reactive ketones (excluding diaryl/α,β-unsaturated/α-hetero) is 1.